The second-order valence-corrected chi connectivity index (χ2v) is 13.2. The number of amides is 2. The molecule has 8 heteroatoms. The summed E-state index contributed by atoms with van der Waals surface area (Å²) in [5, 5.41) is 9.97. The zero-order chi connectivity index (χ0) is 31.5. The molecule has 4 atom stereocenters. The molecule has 2 amide bonds. The Morgan fingerprint density at radius 1 is 1.02 bits per heavy atom. The number of hydrogen-bond donors (Lipinski definition) is 3. The van der Waals surface area contributed by atoms with Gasteiger partial charge in [-0.05, 0) is 42.0 Å². The van der Waals surface area contributed by atoms with E-state index in [0.29, 0.717) is 36.6 Å². The van der Waals surface area contributed by atoms with E-state index in [4.69, 9.17) is 14.1 Å². The second kappa shape index (κ2) is 10.8. The van der Waals surface area contributed by atoms with E-state index in [0.717, 1.165) is 33.7 Å². The highest BCUT2D eigenvalue weighted by Crippen LogP contribution is 2.59. The number of benzene rings is 3. The molecule has 8 nitrogen and oxygen atoms in total. The molecule has 0 saturated carbocycles. The molecule has 1 aromatic heterocycles. The minimum absolute atomic E-state index is 0.0459. The zero-order valence-corrected chi connectivity index (χ0v) is 26.4. The maximum atomic E-state index is 14.1. The van der Waals surface area contributed by atoms with E-state index in [2.05, 4.69) is 34.1 Å². The van der Waals surface area contributed by atoms with Gasteiger partial charge in [0.05, 0.1) is 0 Å². The molecule has 45 heavy (non-hydrogen) atoms. The van der Waals surface area contributed by atoms with Gasteiger partial charge in [0, 0.05) is 28.7 Å². The van der Waals surface area contributed by atoms with Crippen LogP contribution >= 0.6 is 0 Å². The van der Waals surface area contributed by atoms with E-state index in [9.17, 15) is 9.59 Å². The fourth-order valence-electron chi connectivity index (χ4n) is 7.00. The van der Waals surface area contributed by atoms with Crippen LogP contribution < -0.4 is 20.7 Å². The van der Waals surface area contributed by atoms with Crippen LogP contribution in [0, 0.1) is 11.3 Å². The van der Waals surface area contributed by atoms with Crippen molar-refractivity contribution in [3.05, 3.63) is 101 Å². The molecule has 4 aromatic rings. The molecule has 2 unspecified atom stereocenters. The van der Waals surface area contributed by atoms with Crippen LogP contribution in [0.4, 0.5) is 5.69 Å². The Morgan fingerprint density at radius 2 is 1.76 bits per heavy atom. The number of fused-ring (bicyclic) bond motifs is 4. The first-order valence-electron chi connectivity index (χ1n) is 16.0. The molecule has 0 fully saturated rings. The Morgan fingerprint density at radius 3 is 2.49 bits per heavy atom. The summed E-state index contributed by atoms with van der Waals surface area (Å²) in [6.07, 6.45) is 1.20. The smallest absolute Gasteiger partial charge is 0.243 e. The fourth-order valence-corrected chi connectivity index (χ4v) is 7.00. The number of aromatic nitrogens is 1. The van der Waals surface area contributed by atoms with Gasteiger partial charge in [-0.25, -0.2) is 4.98 Å². The Labute approximate surface area is 264 Å². The van der Waals surface area contributed by atoms with Crippen LogP contribution in [0.15, 0.2) is 77.2 Å². The highest BCUT2D eigenvalue weighted by atomic mass is 16.5. The Balaban J connectivity index is 1.48. The number of carbonyl (C=O) groups excluding carboxylic acids is 2. The van der Waals surface area contributed by atoms with Crippen molar-refractivity contribution in [3.8, 4) is 17.0 Å². The van der Waals surface area contributed by atoms with Crippen molar-refractivity contribution >= 4 is 17.5 Å². The third kappa shape index (κ3) is 4.44. The topological polar surface area (TPSA) is 105 Å². The molecular formula is C37H40N4O4. The highest BCUT2D eigenvalue weighted by Gasteiger charge is 2.60. The number of hydrogen-bond acceptors (Lipinski definition) is 6. The van der Waals surface area contributed by atoms with E-state index < -0.39 is 29.1 Å². The Hall–Kier alpha value is -4.59. The van der Waals surface area contributed by atoms with Crippen LogP contribution in [0.3, 0.4) is 0 Å². The molecule has 1 spiro atoms. The lowest BCUT2D eigenvalue weighted by Crippen LogP contribution is -2.52. The fraction of sp³-hybridized carbons (Fsp3) is 0.378. The summed E-state index contributed by atoms with van der Waals surface area (Å²) in [4.78, 5) is 32.9. The van der Waals surface area contributed by atoms with Gasteiger partial charge in [-0.3, -0.25) is 9.59 Å². The second-order valence-electron chi connectivity index (χ2n) is 13.2. The van der Waals surface area contributed by atoms with Gasteiger partial charge < -0.3 is 25.1 Å². The van der Waals surface area contributed by atoms with Crippen molar-refractivity contribution in [1.29, 1.82) is 0 Å². The van der Waals surface area contributed by atoms with Gasteiger partial charge in [-0.1, -0.05) is 95.3 Å². The van der Waals surface area contributed by atoms with Crippen LogP contribution in [0.1, 0.15) is 81.8 Å². The predicted molar refractivity (Wildman–Crippen MR) is 173 cm³/mol. The van der Waals surface area contributed by atoms with E-state index in [1.807, 2.05) is 89.2 Å². The molecule has 3 aromatic carbocycles. The number of para-hydroxylation sites is 1. The van der Waals surface area contributed by atoms with Gasteiger partial charge in [0.15, 0.2) is 12.0 Å². The van der Waals surface area contributed by atoms with Crippen molar-refractivity contribution in [2.75, 3.05) is 5.32 Å². The summed E-state index contributed by atoms with van der Waals surface area (Å²) in [5.74, 6) is 1.40. The van der Waals surface area contributed by atoms with Gasteiger partial charge in [-0.2, -0.15) is 0 Å². The van der Waals surface area contributed by atoms with Crippen molar-refractivity contribution < 1.29 is 18.7 Å². The molecule has 232 valence electrons. The molecule has 0 saturated heterocycles. The SMILES string of the molecule is CCC(C)(CC)C(=O)N[C@H]1Cc2ccc3c(c2)C2(c4ccccc4NC2O3)c2oc(nc2-c2ccccc2)[C@H](C(C)C)NC1=O. The van der Waals surface area contributed by atoms with Crippen molar-refractivity contribution in [3.63, 3.8) is 0 Å². The summed E-state index contributed by atoms with van der Waals surface area (Å²) in [6, 6.07) is 23.0. The molecule has 3 aliphatic rings. The Kier molecular flexibility index (Phi) is 6.99. The molecular weight excluding hydrogens is 564 g/mol. The maximum Gasteiger partial charge on any atom is 0.243 e. The number of nitrogens with zero attached hydrogens (tertiary/aromatic N) is 1. The summed E-state index contributed by atoms with van der Waals surface area (Å²) in [5.41, 5.74) is 4.08. The van der Waals surface area contributed by atoms with E-state index >= 15 is 0 Å². The van der Waals surface area contributed by atoms with Gasteiger partial charge >= 0.3 is 0 Å². The van der Waals surface area contributed by atoms with E-state index in [1.54, 1.807) is 0 Å². The molecule has 3 N–H and O–H groups in total. The lowest BCUT2D eigenvalue weighted by Gasteiger charge is -2.31. The van der Waals surface area contributed by atoms with Crippen LogP contribution in [0.5, 0.6) is 5.75 Å². The van der Waals surface area contributed by atoms with Gasteiger partial charge in [-0.15, -0.1) is 0 Å². The van der Waals surface area contributed by atoms with Crippen molar-refractivity contribution in [2.24, 2.45) is 11.3 Å². The third-order valence-electron chi connectivity index (χ3n) is 10.2. The molecule has 4 heterocycles. The quantitative estimate of drug-likeness (QED) is 0.232. The minimum Gasteiger partial charge on any atom is -0.469 e. The van der Waals surface area contributed by atoms with Crippen molar-refractivity contribution in [1.82, 2.24) is 15.6 Å². The first-order chi connectivity index (χ1) is 21.7. The van der Waals surface area contributed by atoms with Gasteiger partial charge in [0.2, 0.25) is 17.7 Å². The van der Waals surface area contributed by atoms with Crippen LogP contribution in [-0.2, 0) is 21.4 Å². The molecule has 0 aliphatic carbocycles. The zero-order valence-electron chi connectivity index (χ0n) is 26.4. The van der Waals surface area contributed by atoms with Crippen LogP contribution in [-0.4, -0.2) is 29.1 Å². The standard InChI is InChI=1S/C37H40N4O4/c1-6-36(5,7-2)34(43)38-27-20-22-17-18-28-25(19-22)37(24-15-11-12-16-26(24)39-35(37)44-28)31-30(23-13-9-8-10-14-23)41-33(45-31)29(21(3)4)40-32(27)42/h8-19,21,27,29,35,39H,6-7,20H2,1-5H3,(H,38,43)(H,40,42)/t27-,29-,35?,37?/m0/s1. The highest BCUT2D eigenvalue weighted by molar-refractivity contribution is 5.90. The molecule has 0 radical (unpaired) electrons. The van der Waals surface area contributed by atoms with E-state index in [1.165, 1.54) is 0 Å². The number of nitrogens with one attached hydrogen (secondary N) is 3. The predicted octanol–water partition coefficient (Wildman–Crippen LogP) is 6.50. The number of anilines is 1. The summed E-state index contributed by atoms with van der Waals surface area (Å²) in [7, 11) is 0. The summed E-state index contributed by atoms with van der Waals surface area (Å²) in [6.45, 7) is 10.0. The van der Waals surface area contributed by atoms with Crippen LogP contribution in [0.2, 0.25) is 0 Å². The number of oxazole rings is 1. The first kappa shape index (κ1) is 29.1. The lowest BCUT2D eigenvalue weighted by atomic mass is 9.72. The minimum atomic E-state index is -0.842. The average molecular weight is 605 g/mol. The van der Waals surface area contributed by atoms with Gasteiger partial charge in [0.1, 0.15) is 28.9 Å². The normalized spacial score (nSPS) is 23.2. The summed E-state index contributed by atoms with van der Waals surface area (Å²) >= 11 is 0. The first-order valence-corrected chi connectivity index (χ1v) is 16.0. The largest absolute Gasteiger partial charge is 0.469 e. The monoisotopic (exact) mass is 604 g/mol. The lowest BCUT2D eigenvalue weighted by molar-refractivity contribution is -0.135. The molecule has 3 aliphatic heterocycles. The maximum absolute atomic E-state index is 14.1. The number of rotatable bonds is 6. The molecule has 7 rings (SSSR count). The summed E-state index contributed by atoms with van der Waals surface area (Å²) < 4.78 is 13.6. The number of ether oxygens (including phenoxy) is 1. The van der Waals surface area contributed by atoms with E-state index in [-0.39, 0.29) is 17.7 Å². The third-order valence-corrected chi connectivity index (χ3v) is 10.2. The van der Waals surface area contributed by atoms with Crippen LogP contribution in [0.25, 0.3) is 11.3 Å². The average Bonchev–Trinajstić information content (AvgIpc) is 3.72. The molecule has 4 bridgehead atoms. The van der Waals surface area contributed by atoms with Gasteiger partial charge in [0.25, 0.3) is 0 Å². The Bertz CT molecular complexity index is 1780. The van der Waals surface area contributed by atoms with Crippen molar-refractivity contribution in [2.45, 2.75) is 77.6 Å². The number of carbonyl (C=O) groups is 2.